The first-order valence-electron chi connectivity index (χ1n) is 7.78. The number of ketones is 1. The molecule has 0 atom stereocenters. The zero-order valence-corrected chi connectivity index (χ0v) is 13.5. The van der Waals surface area contributed by atoms with Crippen molar-refractivity contribution >= 4 is 17.4 Å². The van der Waals surface area contributed by atoms with E-state index >= 15 is 0 Å². The Morgan fingerprint density at radius 2 is 1.61 bits per heavy atom. The third-order valence-electron chi connectivity index (χ3n) is 3.52. The number of amides is 1. The lowest BCUT2D eigenvalue weighted by Gasteiger charge is -2.11. The lowest BCUT2D eigenvalue weighted by molar-refractivity contribution is -0.134. The second-order valence-corrected chi connectivity index (χ2v) is 5.11. The third-order valence-corrected chi connectivity index (χ3v) is 3.52. The number of rotatable bonds is 7. The first-order valence-corrected chi connectivity index (χ1v) is 7.78. The topological polar surface area (TPSA) is 55.4 Å². The van der Waals surface area contributed by atoms with Gasteiger partial charge in [-0.05, 0) is 31.0 Å². The molecule has 0 aliphatic heterocycles. The summed E-state index contributed by atoms with van der Waals surface area (Å²) in [7, 11) is 0. The Labute approximate surface area is 136 Å². The van der Waals surface area contributed by atoms with Crippen molar-refractivity contribution in [3.05, 3.63) is 59.7 Å². The smallest absolute Gasteiger partial charge is 0.292 e. The van der Waals surface area contributed by atoms with E-state index in [1.54, 1.807) is 18.2 Å². The number of nitrogens with one attached hydrogen (secondary N) is 1. The van der Waals surface area contributed by atoms with Crippen LogP contribution in [0, 0.1) is 0 Å². The molecule has 4 heteroatoms. The highest BCUT2D eigenvalue weighted by Gasteiger charge is 2.17. The highest BCUT2D eigenvalue weighted by atomic mass is 16.5. The molecule has 120 valence electrons. The molecule has 2 rings (SSSR count). The van der Waals surface area contributed by atoms with Crippen LogP contribution in [0.2, 0.25) is 0 Å². The normalized spacial score (nSPS) is 10.2. The molecule has 0 unspecified atom stereocenters. The summed E-state index contributed by atoms with van der Waals surface area (Å²) in [6.45, 7) is 4.40. The van der Waals surface area contributed by atoms with Crippen LogP contribution in [-0.4, -0.2) is 18.3 Å². The second-order valence-electron chi connectivity index (χ2n) is 5.11. The summed E-state index contributed by atoms with van der Waals surface area (Å²) in [5, 5.41) is 2.70. The van der Waals surface area contributed by atoms with Gasteiger partial charge in [0.25, 0.3) is 5.91 Å². The summed E-state index contributed by atoms with van der Waals surface area (Å²) in [4.78, 5) is 24.4. The molecule has 23 heavy (non-hydrogen) atoms. The maximum Gasteiger partial charge on any atom is 0.292 e. The van der Waals surface area contributed by atoms with Gasteiger partial charge in [-0.2, -0.15) is 0 Å². The van der Waals surface area contributed by atoms with Gasteiger partial charge in [-0.15, -0.1) is 0 Å². The van der Waals surface area contributed by atoms with E-state index in [9.17, 15) is 9.59 Å². The van der Waals surface area contributed by atoms with Crippen LogP contribution >= 0.6 is 0 Å². The minimum absolute atomic E-state index is 0.0241. The van der Waals surface area contributed by atoms with Crippen molar-refractivity contribution in [2.75, 3.05) is 11.9 Å². The monoisotopic (exact) mass is 311 g/mol. The minimum Gasteiger partial charge on any atom is -0.494 e. The van der Waals surface area contributed by atoms with E-state index in [1.165, 1.54) is 0 Å². The van der Waals surface area contributed by atoms with Crippen molar-refractivity contribution in [1.29, 1.82) is 0 Å². The summed E-state index contributed by atoms with van der Waals surface area (Å²) in [6.07, 6.45) is 0.814. The van der Waals surface area contributed by atoms with Crippen LogP contribution in [-0.2, 0) is 22.4 Å². The predicted octanol–water partition coefficient (Wildman–Crippen LogP) is 3.40. The van der Waals surface area contributed by atoms with Crippen molar-refractivity contribution < 1.29 is 14.3 Å². The fourth-order valence-electron chi connectivity index (χ4n) is 2.34. The molecule has 0 fully saturated rings. The number of para-hydroxylation sites is 2. The number of Topliss-reactive ketones (excluding diaryl/α,β-unsaturated/α-hetero) is 1. The van der Waals surface area contributed by atoms with Gasteiger partial charge in [0.2, 0.25) is 5.78 Å². The summed E-state index contributed by atoms with van der Waals surface area (Å²) >= 11 is 0. The van der Waals surface area contributed by atoms with Gasteiger partial charge >= 0.3 is 0 Å². The lowest BCUT2D eigenvalue weighted by atomic mass is 10.1. The zero-order valence-electron chi connectivity index (χ0n) is 13.5. The van der Waals surface area contributed by atoms with Gasteiger partial charge in [0.1, 0.15) is 5.75 Å². The fraction of sp³-hybridized carbons (Fsp3) is 0.263. The van der Waals surface area contributed by atoms with Gasteiger partial charge in [-0.1, -0.05) is 43.3 Å². The van der Waals surface area contributed by atoms with E-state index < -0.39 is 11.7 Å². The number of benzene rings is 2. The second kappa shape index (κ2) is 8.13. The van der Waals surface area contributed by atoms with Gasteiger partial charge in [0.15, 0.2) is 0 Å². The van der Waals surface area contributed by atoms with E-state index in [0.29, 0.717) is 18.0 Å². The minimum atomic E-state index is -0.600. The van der Waals surface area contributed by atoms with Crippen LogP contribution in [0.15, 0.2) is 48.5 Å². The van der Waals surface area contributed by atoms with Crippen molar-refractivity contribution in [2.45, 2.75) is 26.7 Å². The number of hydrogen-bond acceptors (Lipinski definition) is 3. The number of anilines is 1. The van der Waals surface area contributed by atoms with E-state index in [4.69, 9.17) is 4.74 Å². The first-order chi connectivity index (χ1) is 11.2. The molecule has 0 saturated carbocycles. The van der Waals surface area contributed by atoms with E-state index in [-0.39, 0.29) is 6.42 Å². The largest absolute Gasteiger partial charge is 0.494 e. The fourth-order valence-corrected chi connectivity index (χ4v) is 2.34. The molecule has 2 aromatic rings. The Bertz CT molecular complexity index is 695. The molecule has 4 nitrogen and oxygen atoms in total. The van der Waals surface area contributed by atoms with Gasteiger partial charge in [0, 0.05) is 17.7 Å². The Balaban J connectivity index is 2.07. The van der Waals surface area contributed by atoms with Gasteiger partial charge in [0.05, 0.1) is 6.61 Å². The Hall–Kier alpha value is -2.62. The molecular weight excluding hydrogens is 290 g/mol. The van der Waals surface area contributed by atoms with E-state index in [2.05, 4.69) is 5.32 Å². The quantitative estimate of drug-likeness (QED) is 0.797. The van der Waals surface area contributed by atoms with E-state index in [1.807, 2.05) is 44.2 Å². The molecule has 0 aromatic heterocycles. The molecular formula is C19H21NO3. The molecule has 2 aromatic carbocycles. The van der Waals surface area contributed by atoms with Crippen LogP contribution in [0.4, 0.5) is 5.69 Å². The Kier molecular flexibility index (Phi) is 5.92. The highest BCUT2D eigenvalue weighted by Crippen LogP contribution is 2.19. The Morgan fingerprint density at radius 3 is 2.30 bits per heavy atom. The maximum absolute atomic E-state index is 12.2. The van der Waals surface area contributed by atoms with Gasteiger partial charge in [-0.3, -0.25) is 9.59 Å². The van der Waals surface area contributed by atoms with Crippen molar-refractivity contribution in [3.63, 3.8) is 0 Å². The summed E-state index contributed by atoms with van der Waals surface area (Å²) in [6, 6.07) is 14.8. The molecule has 0 spiro atoms. The lowest BCUT2D eigenvalue weighted by Crippen LogP contribution is -2.25. The average molecular weight is 311 g/mol. The maximum atomic E-state index is 12.2. The predicted molar refractivity (Wildman–Crippen MR) is 90.8 cm³/mol. The summed E-state index contributed by atoms with van der Waals surface area (Å²) < 4.78 is 5.49. The molecule has 1 N–H and O–H groups in total. The highest BCUT2D eigenvalue weighted by molar-refractivity contribution is 6.41. The number of hydrogen-bond donors (Lipinski definition) is 1. The molecule has 0 bridgehead atoms. The summed E-state index contributed by atoms with van der Waals surface area (Å²) in [5.41, 5.74) is 2.41. The molecule has 0 aliphatic rings. The Morgan fingerprint density at radius 1 is 0.957 bits per heavy atom. The number of carbonyl (C=O) groups excluding carboxylic acids is 2. The van der Waals surface area contributed by atoms with Crippen LogP contribution in [0.25, 0.3) is 0 Å². The molecule has 0 heterocycles. The third kappa shape index (κ3) is 4.42. The van der Waals surface area contributed by atoms with Crippen molar-refractivity contribution in [2.24, 2.45) is 0 Å². The first kappa shape index (κ1) is 16.7. The van der Waals surface area contributed by atoms with Crippen LogP contribution in [0.3, 0.4) is 0 Å². The van der Waals surface area contributed by atoms with Crippen LogP contribution in [0.5, 0.6) is 5.75 Å². The molecule has 0 aliphatic carbocycles. The average Bonchev–Trinajstić information content (AvgIpc) is 2.57. The number of ether oxygens (including phenoxy) is 1. The zero-order chi connectivity index (χ0) is 16.7. The van der Waals surface area contributed by atoms with Crippen LogP contribution < -0.4 is 10.1 Å². The molecule has 1 amide bonds. The number of aryl methyl sites for hydroxylation is 1. The van der Waals surface area contributed by atoms with Gasteiger partial charge in [-0.25, -0.2) is 0 Å². The summed E-state index contributed by atoms with van der Waals surface area (Å²) in [5.74, 6) is -0.439. The van der Waals surface area contributed by atoms with Crippen LogP contribution in [0.1, 0.15) is 25.0 Å². The molecule has 0 saturated heterocycles. The molecule has 0 radical (unpaired) electrons. The SMILES string of the molecule is CCOc1ccccc1CC(=O)C(=O)Nc1ccccc1CC. The van der Waals surface area contributed by atoms with Crippen molar-refractivity contribution in [3.8, 4) is 5.75 Å². The standard InChI is InChI=1S/C19H21NO3/c1-3-14-9-5-7-11-16(14)20-19(22)17(21)13-15-10-6-8-12-18(15)23-4-2/h5-12H,3-4,13H2,1-2H3,(H,20,22). The van der Waals surface area contributed by atoms with Gasteiger partial charge < -0.3 is 10.1 Å². The number of carbonyl (C=O) groups is 2. The van der Waals surface area contributed by atoms with E-state index in [0.717, 1.165) is 17.5 Å². The van der Waals surface area contributed by atoms with Crippen molar-refractivity contribution in [1.82, 2.24) is 0 Å².